The van der Waals surface area contributed by atoms with Gasteiger partial charge in [0.15, 0.2) is 0 Å². The van der Waals surface area contributed by atoms with Crippen LogP contribution < -0.4 is 11.5 Å². The average molecular weight is 211 g/mol. The number of hydrogen-bond donors (Lipinski definition) is 2. The number of amides is 1. The molecule has 0 spiro atoms. The Labute approximate surface area is 91.0 Å². The van der Waals surface area contributed by atoms with Crippen molar-refractivity contribution in [1.29, 1.82) is 0 Å². The van der Waals surface area contributed by atoms with Gasteiger partial charge < -0.3 is 16.4 Å². The van der Waals surface area contributed by atoms with Crippen molar-refractivity contribution in [3.05, 3.63) is 0 Å². The van der Waals surface area contributed by atoms with Crippen LogP contribution >= 0.6 is 0 Å². The number of nitrogens with zero attached hydrogens (tertiary/aromatic N) is 1. The molecule has 4 heteroatoms. The van der Waals surface area contributed by atoms with Gasteiger partial charge in [-0.2, -0.15) is 0 Å². The van der Waals surface area contributed by atoms with Crippen LogP contribution in [0, 0.1) is 11.3 Å². The molecule has 0 radical (unpaired) electrons. The molecule has 1 saturated carbocycles. The fourth-order valence-electron chi connectivity index (χ4n) is 2.25. The second-order valence-corrected chi connectivity index (χ2v) is 5.39. The molecule has 2 fully saturated rings. The minimum Gasteiger partial charge on any atom is -0.341 e. The summed E-state index contributed by atoms with van der Waals surface area (Å²) in [5, 5.41) is 0. The van der Waals surface area contributed by atoms with Gasteiger partial charge in [0.25, 0.3) is 0 Å². The third-order valence-electron chi connectivity index (χ3n) is 3.78. The van der Waals surface area contributed by atoms with Gasteiger partial charge in [-0.15, -0.1) is 0 Å². The van der Waals surface area contributed by atoms with E-state index in [1.165, 1.54) is 0 Å². The first-order valence-corrected chi connectivity index (χ1v) is 5.80. The molecule has 15 heavy (non-hydrogen) atoms. The van der Waals surface area contributed by atoms with Crippen molar-refractivity contribution in [3.8, 4) is 0 Å². The molecule has 1 aliphatic heterocycles. The summed E-state index contributed by atoms with van der Waals surface area (Å²) >= 11 is 0. The second kappa shape index (κ2) is 3.76. The Kier molecular flexibility index (Phi) is 2.73. The lowest BCUT2D eigenvalue weighted by Gasteiger charge is -2.24. The van der Waals surface area contributed by atoms with Gasteiger partial charge in [-0.05, 0) is 37.1 Å². The van der Waals surface area contributed by atoms with Crippen LogP contribution in [0.4, 0.5) is 0 Å². The Hall–Kier alpha value is -0.610. The molecular weight excluding hydrogens is 190 g/mol. The quantitative estimate of drug-likeness (QED) is 0.686. The molecule has 86 valence electrons. The predicted octanol–water partition coefficient (Wildman–Crippen LogP) is -0.0790. The lowest BCUT2D eigenvalue weighted by Crippen LogP contribution is -2.45. The SMILES string of the molecule is CC1(CN)CCN(C(=O)C(N)C2CC2)C1. The van der Waals surface area contributed by atoms with Gasteiger partial charge in [-0.25, -0.2) is 0 Å². The Bertz CT molecular complexity index is 265. The van der Waals surface area contributed by atoms with Crippen LogP contribution in [0.3, 0.4) is 0 Å². The van der Waals surface area contributed by atoms with Crippen molar-refractivity contribution in [2.75, 3.05) is 19.6 Å². The van der Waals surface area contributed by atoms with E-state index in [0.29, 0.717) is 12.5 Å². The van der Waals surface area contributed by atoms with E-state index >= 15 is 0 Å². The maximum Gasteiger partial charge on any atom is 0.239 e. The van der Waals surface area contributed by atoms with Crippen LogP contribution in [0.1, 0.15) is 26.2 Å². The van der Waals surface area contributed by atoms with E-state index in [2.05, 4.69) is 6.92 Å². The first-order valence-electron chi connectivity index (χ1n) is 5.80. The maximum absolute atomic E-state index is 12.0. The van der Waals surface area contributed by atoms with Gasteiger partial charge in [-0.3, -0.25) is 4.79 Å². The summed E-state index contributed by atoms with van der Waals surface area (Å²) in [6.07, 6.45) is 3.25. The minimum absolute atomic E-state index is 0.110. The highest BCUT2D eigenvalue weighted by atomic mass is 16.2. The van der Waals surface area contributed by atoms with Crippen LogP contribution in [0.25, 0.3) is 0 Å². The van der Waals surface area contributed by atoms with Crippen LogP contribution in [-0.2, 0) is 4.79 Å². The molecule has 0 bridgehead atoms. The number of carbonyl (C=O) groups excluding carboxylic acids is 1. The van der Waals surface area contributed by atoms with Gasteiger partial charge in [0, 0.05) is 13.1 Å². The lowest BCUT2D eigenvalue weighted by molar-refractivity contribution is -0.132. The second-order valence-electron chi connectivity index (χ2n) is 5.39. The maximum atomic E-state index is 12.0. The van der Waals surface area contributed by atoms with Crippen molar-refractivity contribution in [2.45, 2.75) is 32.2 Å². The molecule has 2 rings (SSSR count). The molecule has 1 aliphatic carbocycles. The molecule has 4 nitrogen and oxygen atoms in total. The molecule has 0 aromatic heterocycles. The number of likely N-dealkylation sites (tertiary alicyclic amines) is 1. The Morgan fingerprint density at radius 1 is 1.60 bits per heavy atom. The normalized spacial score (nSPS) is 33.1. The van der Waals surface area contributed by atoms with Crippen LogP contribution in [-0.4, -0.2) is 36.5 Å². The highest BCUT2D eigenvalue weighted by molar-refractivity contribution is 5.82. The molecule has 4 N–H and O–H groups in total. The Balaban J connectivity index is 1.92. The molecule has 2 atom stereocenters. The summed E-state index contributed by atoms with van der Waals surface area (Å²) in [7, 11) is 0. The van der Waals surface area contributed by atoms with Crippen LogP contribution in [0.15, 0.2) is 0 Å². The topological polar surface area (TPSA) is 72.3 Å². The molecule has 1 saturated heterocycles. The molecule has 0 aromatic carbocycles. The van der Waals surface area contributed by atoms with Gasteiger partial charge in [0.2, 0.25) is 5.91 Å². The fraction of sp³-hybridized carbons (Fsp3) is 0.909. The van der Waals surface area contributed by atoms with Crippen molar-refractivity contribution in [2.24, 2.45) is 22.8 Å². The number of nitrogens with two attached hydrogens (primary N) is 2. The van der Waals surface area contributed by atoms with E-state index in [9.17, 15) is 4.79 Å². The summed E-state index contributed by atoms with van der Waals surface area (Å²) in [5.41, 5.74) is 11.7. The summed E-state index contributed by atoms with van der Waals surface area (Å²) in [5.74, 6) is 0.580. The lowest BCUT2D eigenvalue weighted by atomic mass is 9.90. The standard InChI is InChI=1S/C11H21N3O/c1-11(6-12)4-5-14(7-11)10(15)9(13)8-2-3-8/h8-9H,2-7,12-13H2,1H3. The van der Waals surface area contributed by atoms with E-state index < -0.39 is 0 Å². The number of rotatable bonds is 3. The largest absolute Gasteiger partial charge is 0.341 e. The average Bonchev–Trinajstić information content (AvgIpc) is 3.00. The van der Waals surface area contributed by atoms with E-state index in [1.54, 1.807) is 0 Å². The van der Waals surface area contributed by atoms with Gasteiger partial charge in [-0.1, -0.05) is 6.92 Å². The zero-order valence-corrected chi connectivity index (χ0v) is 9.41. The molecule has 1 heterocycles. The zero-order chi connectivity index (χ0) is 11.1. The molecule has 0 aromatic rings. The first-order chi connectivity index (χ1) is 7.06. The summed E-state index contributed by atoms with van der Waals surface area (Å²) in [6.45, 7) is 4.40. The van der Waals surface area contributed by atoms with E-state index in [1.807, 2.05) is 4.90 Å². The van der Waals surface area contributed by atoms with Gasteiger partial charge in [0.05, 0.1) is 6.04 Å². The van der Waals surface area contributed by atoms with Crippen molar-refractivity contribution >= 4 is 5.91 Å². The van der Waals surface area contributed by atoms with Crippen molar-refractivity contribution < 1.29 is 4.79 Å². The summed E-state index contributed by atoms with van der Waals surface area (Å²) < 4.78 is 0. The molecule has 2 aliphatic rings. The summed E-state index contributed by atoms with van der Waals surface area (Å²) in [4.78, 5) is 13.9. The highest BCUT2D eigenvalue weighted by Gasteiger charge is 2.40. The Morgan fingerprint density at radius 2 is 2.27 bits per heavy atom. The smallest absolute Gasteiger partial charge is 0.239 e. The predicted molar refractivity (Wildman–Crippen MR) is 59.1 cm³/mol. The highest BCUT2D eigenvalue weighted by Crippen LogP contribution is 2.34. The first kappa shape index (κ1) is 10.9. The van der Waals surface area contributed by atoms with Crippen LogP contribution in [0.5, 0.6) is 0 Å². The third kappa shape index (κ3) is 2.16. The zero-order valence-electron chi connectivity index (χ0n) is 9.41. The third-order valence-corrected chi connectivity index (χ3v) is 3.78. The van der Waals surface area contributed by atoms with E-state index in [0.717, 1.165) is 32.4 Å². The minimum atomic E-state index is -0.259. The monoisotopic (exact) mass is 211 g/mol. The number of carbonyl (C=O) groups is 1. The molecular formula is C11H21N3O. The van der Waals surface area contributed by atoms with Gasteiger partial charge >= 0.3 is 0 Å². The molecule has 1 amide bonds. The fourth-order valence-corrected chi connectivity index (χ4v) is 2.25. The van der Waals surface area contributed by atoms with Gasteiger partial charge in [0.1, 0.15) is 0 Å². The van der Waals surface area contributed by atoms with E-state index in [-0.39, 0.29) is 17.4 Å². The van der Waals surface area contributed by atoms with Crippen molar-refractivity contribution in [3.63, 3.8) is 0 Å². The van der Waals surface area contributed by atoms with Crippen LogP contribution in [0.2, 0.25) is 0 Å². The van der Waals surface area contributed by atoms with Crippen molar-refractivity contribution in [1.82, 2.24) is 4.90 Å². The number of hydrogen-bond acceptors (Lipinski definition) is 3. The molecule has 2 unspecified atom stereocenters. The Morgan fingerprint density at radius 3 is 2.73 bits per heavy atom. The van der Waals surface area contributed by atoms with E-state index in [4.69, 9.17) is 11.5 Å². The summed E-state index contributed by atoms with van der Waals surface area (Å²) in [6, 6.07) is -0.259.